The van der Waals surface area contributed by atoms with Gasteiger partial charge in [0, 0.05) is 12.0 Å². The van der Waals surface area contributed by atoms with E-state index in [0.717, 1.165) is 6.07 Å². The van der Waals surface area contributed by atoms with Crippen molar-refractivity contribution >= 4 is 5.97 Å². The molecule has 1 rings (SSSR count). The van der Waals surface area contributed by atoms with Gasteiger partial charge in [-0.3, -0.25) is 4.79 Å². The van der Waals surface area contributed by atoms with Crippen molar-refractivity contribution in [1.29, 1.82) is 0 Å². The van der Waals surface area contributed by atoms with Gasteiger partial charge in [-0.05, 0) is 12.5 Å². The summed E-state index contributed by atoms with van der Waals surface area (Å²) < 4.78 is 17.7. The molecule has 0 fully saturated rings. The number of hydrogen-bond donors (Lipinski definition) is 3. The second kappa shape index (κ2) is 6.20. The van der Waals surface area contributed by atoms with Gasteiger partial charge in [-0.2, -0.15) is 0 Å². The molecule has 1 aromatic rings. The molecule has 18 heavy (non-hydrogen) atoms. The van der Waals surface area contributed by atoms with E-state index >= 15 is 0 Å². The molecule has 0 heterocycles. The lowest BCUT2D eigenvalue weighted by molar-refractivity contribution is -0.145. The fourth-order valence-electron chi connectivity index (χ4n) is 1.39. The maximum absolute atomic E-state index is 12.9. The molecular formula is C12H16FNO4. The van der Waals surface area contributed by atoms with Crippen LogP contribution < -0.4 is 5.73 Å². The lowest BCUT2D eigenvalue weighted by Crippen LogP contribution is -2.34. The van der Waals surface area contributed by atoms with Gasteiger partial charge < -0.3 is 20.7 Å². The van der Waals surface area contributed by atoms with Crippen LogP contribution in [0, 0.1) is 5.82 Å². The number of phenolic OH excluding ortho intramolecular Hbond substituents is 2. The van der Waals surface area contributed by atoms with E-state index in [4.69, 9.17) is 10.5 Å². The first-order chi connectivity index (χ1) is 8.47. The normalized spacial score (nSPS) is 12.2. The molecule has 0 amide bonds. The molecule has 5 nitrogen and oxygen atoms in total. The summed E-state index contributed by atoms with van der Waals surface area (Å²) in [5, 5.41) is 18.7. The number of halogens is 1. The third-order valence-corrected chi connectivity index (χ3v) is 2.38. The molecule has 0 unspecified atom stereocenters. The van der Waals surface area contributed by atoms with E-state index in [0.29, 0.717) is 6.42 Å². The van der Waals surface area contributed by atoms with Crippen LogP contribution in [0.15, 0.2) is 12.1 Å². The molecule has 4 N–H and O–H groups in total. The summed E-state index contributed by atoms with van der Waals surface area (Å²) >= 11 is 0. The summed E-state index contributed by atoms with van der Waals surface area (Å²) in [5.74, 6) is -2.98. The van der Waals surface area contributed by atoms with Crippen LogP contribution in [-0.2, 0) is 16.0 Å². The fraction of sp³-hybridized carbons (Fsp3) is 0.417. The summed E-state index contributed by atoms with van der Waals surface area (Å²) in [5.41, 5.74) is 5.78. The fourth-order valence-corrected chi connectivity index (χ4v) is 1.39. The Bertz CT molecular complexity index is 436. The standard InChI is InChI=1S/C12H16FNO4/c1-2-5-18-12(17)9(14)6-7-3-4-8(13)11(16)10(7)15/h3-4,9,15-16H,2,5-6,14H2,1H3/t9-/m0/s1. The Morgan fingerprint density at radius 1 is 1.44 bits per heavy atom. The highest BCUT2D eigenvalue weighted by Gasteiger charge is 2.19. The molecule has 0 radical (unpaired) electrons. The van der Waals surface area contributed by atoms with Crippen molar-refractivity contribution in [2.45, 2.75) is 25.8 Å². The van der Waals surface area contributed by atoms with Gasteiger partial charge in [-0.25, -0.2) is 4.39 Å². The molecule has 0 bridgehead atoms. The van der Waals surface area contributed by atoms with Crippen LogP contribution in [0.3, 0.4) is 0 Å². The highest BCUT2D eigenvalue weighted by Crippen LogP contribution is 2.32. The number of hydrogen-bond acceptors (Lipinski definition) is 5. The summed E-state index contributed by atoms with van der Waals surface area (Å²) in [6.45, 7) is 2.12. The predicted octanol–water partition coefficient (Wildman–Crippen LogP) is 1.06. The second-order valence-electron chi connectivity index (χ2n) is 3.88. The molecule has 0 aliphatic carbocycles. The Morgan fingerprint density at radius 2 is 2.11 bits per heavy atom. The quantitative estimate of drug-likeness (QED) is 0.541. The molecule has 0 aliphatic heterocycles. The van der Waals surface area contributed by atoms with E-state index in [-0.39, 0.29) is 18.6 Å². The summed E-state index contributed by atoms with van der Waals surface area (Å²) in [6.07, 6.45) is 0.642. The zero-order valence-corrected chi connectivity index (χ0v) is 10.0. The number of esters is 1. The van der Waals surface area contributed by atoms with E-state index in [2.05, 4.69) is 0 Å². The molecule has 6 heteroatoms. The van der Waals surface area contributed by atoms with Crippen LogP contribution in [0.5, 0.6) is 11.5 Å². The Labute approximate surface area is 104 Å². The monoisotopic (exact) mass is 257 g/mol. The van der Waals surface area contributed by atoms with Gasteiger partial charge in [0.1, 0.15) is 6.04 Å². The molecule has 1 aromatic carbocycles. The van der Waals surface area contributed by atoms with Crippen molar-refractivity contribution in [2.24, 2.45) is 5.73 Å². The largest absolute Gasteiger partial charge is 0.504 e. The van der Waals surface area contributed by atoms with Crippen LogP contribution >= 0.6 is 0 Å². The van der Waals surface area contributed by atoms with Crippen molar-refractivity contribution in [3.8, 4) is 11.5 Å². The minimum absolute atomic E-state index is 0.0395. The maximum atomic E-state index is 12.9. The lowest BCUT2D eigenvalue weighted by Gasteiger charge is -2.12. The van der Waals surface area contributed by atoms with E-state index in [1.54, 1.807) is 0 Å². The first kappa shape index (κ1) is 14.2. The Kier molecular flexibility index (Phi) is 4.91. The summed E-state index contributed by atoms with van der Waals surface area (Å²) in [4.78, 5) is 11.4. The van der Waals surface area contributed by atoms with Gasteiger partial charge in [0.05, 0.1) is 6.61 Å². The van der Waals surface area contributed by atoms with E-state index in [9.17, 15) is 19.4 Å². The van der Waals surface area contributed by atoms with E-state index < -0.39 is 29.3 Å². The number of carbonyl (C=O) groups excluding carboxylic acids is 1. The lowest BCUT2D eigenvalue weighted by atomic mass is 10.0. The van der Waals surface area contributed by atoms with Crippen molar-refractivity contribution in [1.82, 2.24) is 0 Å². The van der Waals surface area contributed by atoms with Crippen LogP contribution in [0.2, 0.25) is 0 Å². The average Bonchev–Trinajstić information content (AvgIpc) is 2.36. The Hall–Kier alpha value is -1.82. The molecule has 0 saturated carbocycles. The average molecular weight is 257 g/mol. The molecule has 0 saturated heterocycles. The molecule has 0 spiro atoms. The Morgan fingerprint density at radius 3 is 2.72 bits per heavy atom. The number of carbonyl (C=O) groups is 1. The minimum atomic E-state index is -0.965. The smallest absolute Gasteiger partial charge is 0.323 e. The zero-order valence-electron chi connectivity index (χ0n) is 10.0. The van der Waals surface area contributed by atoms with E-state index in [1.165, 1.54) is 6.07 Å². The van der Waals surface area contributed by atoms with Gasteiger partial charge in [-0.15, -0.1) is 0 Å². The number of aromatic hydroxyl groups is 2. The number of nitrogens with two attached hydrogens (primary N) is 1. The van der Waals surface area contributed by atoms with Gasteiger partial charge in [-0.1, -0.05) is 13.0 Å². The summed E-state index contributed by atoms with van der Waals surface area (Å²) in [6, 6.07) is 1.29. The van der Waals surface area contributed by atoms with E-state index in [1.807, 2.05) is 6.92 Å². The van der Waals surface area contributed by atoms with Crippen LogP contribution in [-0.4, -0.2) is 28.8 Å². The Balaban J connectivity index is 2.73. The van der Waals surface area contributed by atoms with Gasteiger partial charge in [0.25, 0.3) is 0 Å². The molecule has 0 aromatic heterocycles. The third kappa shape index (κ3) is 3.33. The number of benzene rings is 1. The first-order valence-electron chi connectivity index (χ1n) is 5.58. The van der Waals surface area contributed by atoms with Crippen LogP contribution in [0.1, 0.15) is 18.9 Å². The third-order valence-electron chi connectivity index (χ3n) is 2.38. The van der Waals surface area contributed by atoms with Crippen LogP contribution in [0.4, 0.5) is 4.39 Å². The second-order valence-corrected chi connectivity index (χ2v) is 3.88. The zero-order chi connectivity index (χ0) is 13.7. The van der Waals surface area contributed by atoms with Gasteiger partial charge in [0.2, 0.25) is 0 Å². The molecule has 0 aliphatic rings. The molecular weight excluding hydrogens is 241 g/mol. The minimum Gasteiger partial charge on any atom is -0.504 e. The van der Waals surface area contributed by atoms with Crippen molar-refractivity contribution in [3.63, 3.8) is 0 Å². The molecule has 100 valence electrons. The topological polar surface area (TPSA) is 92.8 Å². The van der Waals surface area contributed by atoms with Crippen molar-refractivity contribution in [2.75, 3.05) is 6.61 Å². The SMILES string of the molecule is CCCOC(=O)[C@@H](N)Cc1ccc(F)c(O)c1O. The first-order valence-corrected chi connectivity index (χ1v) is 5.58. The maximum Gasteiger partial charge on any atom is 0.323 e. The van der Waals surface area contributed by atoms with Gasteiger partial charge in [0.15, 0.2) is 17.3 Å². The van der Waals surface area contributed by atoms with Gasteiger partial charge >= 0.3 is 5.97 Å². The van der Waals surface area contributed by atoms with Crippen molar-refractivity contribution in [3.05, 3.63) is 23.5 Å². The summed E-state index contributed by atoms with van der Waals surface area (Å²) in [7, 11) is 0. The molecule has 1 atom stereocenters. The van der Waals surface area contributed by atoms with Crippen molar-refractivity contribution < 1.29 is 24.1 Å². The number of rotatable bonds is 5. The number of phenols is 2. The highest BCUT2D eigenvalue weighted by molar-refractivity contribution is 5.76. The predicted molar refractivity (Wildman–Crippen MR) is 62.7 cm³/mol. The highest BCUT2D eigenvalue weighted by atomic mass is 19.1. The van der Waals surface area contributed by atoms with Crippen LogP contribution in [0.25, 0.3) is 0 Å². The number of ether oxygens (including phenoxy) is 1.